The number of thioether (sulfide) groups is 1. The number of aliphatic hydroxyl groups excluding tert-OH is 1. The number of nitrogens with zero attached hydrogens (tertiary/aromatic N) is 3. The fourth-order valence-electron chi connectivity index (χ4n) is 4.69. The number of anilines is 1. The summed E-state index contributed by atoms with van der Waals surface area (Å²) < 4.78 is 17.4. The normalized spacial score (nSPS) is 16.0. The lowest BCUT2D eigenvalue weighted by molar-refractivity contribution is -0.132. The van der Waals surface area contributed by atoms with Crippen LogP contribution >= 0.6 is 23.1 Å². The molecule has 1 atom stereocenters. The van der Waals surface area contributed by atoms with Crippen LogP contribution in [0.2, 0.25) is 0 Å². The van der Waals surface area contributed by atoms with Crippen LogP contribution in [0.5, 0.6) is 17.2 Å². The molecule has 0 aliphatic carbocycles. The number of Topliss-reactive ketones (excluding diaryl/α,β-unsaturated/α-hetero) is 1. The number of hydrogen-bond donors (Lipinski definition) is 1. The van der Waals surface area contributed by atoms with Crippen LogP contribution < -0.4 is 19.1 Å². The first-order valence-electron chi connectivity index (χ1n) is 13.7. The van der Waals surface area contributed by atoms with Gasteiger partial charge in [0.2, 0.25) is 5.13 Å². The van der Waals surface area contributed by atoms with Crippen molar-refractivity contribution >= 4 is 45.7 Å². The van der Waals surface area contributed by atoms with E-state index in [1.54, 1.807) is 42.5 Å². The molecule has 1 unspecified atom stereocenters. The topological polar surface area (TPSA) is 111 Å². The molecule has 4 aromatic rings. The van der Waals surface area contributed by atoms with E-state index in [0.717, 1.165) is 5.56 Å². The van der Waals surface area contributed by atoms with Gasteiger partial charge in [0.1, 0.15) is 11.5 Å². The number of amides is 1. The van der Waals surface area contributed by atoms with Gasteiger partial charge in [-0.25, -0.2) is 0 Å². The molecule has 5 rings (SSSR count). The van der Waals surface area contributed by atoms with E-state index in [-0.39, 0.29) is 16.5 Å². The van der Waals surface area contributed by atoms with E-state index in [4.69, 9.17) is 14.2 Å². The summed E-state index contributed by atoms with van der Waals surface area (Å²) in [6.45, 7) is 6.70. The lowest BCUT2D eigenvalue weighted by Crippen LogP contribution is -2.29. The fourth-order valence-corrected chi connectivity index (χ4v) is 6.52. The molecule has 1 aliphatic rings. The van der Waals surface area contributed by atoms with E-state index < -0.39 is 17.7 Å². The van der Waals surface area contributed by atoms with Gasteiger partial charge in [0, 0.05) is 11.3 Å². The highest BCUT2D eigenvalue weighted by Gasteiger charge is 2.48. The number of aromatic nitrogens is 2. The van der Waals surface area contributed by atoms with Crippen molar-refractivity contribution in [3.63, 3.8) is 0 Å². The van der Waals surface area contributed by atoms with Crippen molar-refractivity contribution in [2.24, 2.45) is 0 Å². The van der Waals surface area contributed by atoms with E-state index in [0.29, 0.717) is 51.7 Å². The van der Waals surface area contributed by atoms with Crippen molar-refractivity contribution in [1.82, 2.24) is 10.2 Å². The van der Waals surface area contributed by atoms with Crippen molar-refractivity contribution in [2.75, 3.05) is 25.2 Å². The van der Waals surface area contributed by atoms with Gasteiger partial charge in [-0.15, -0.1) is 10.2 Å². The number of carbonyl (C=O) groups excluding carboxylic acids is 2. The Balaban J connectivity index is 1.56. The monoisotopic (exact) mass is 617 g/mol. The molecule has 0 saturated carbocycles. The number of aliphatic hydroxyl groups is 1. The number of hydrogen-bond acceptors (Lipinski definition) is 10. The summed E-state index contributed by atoms with van der Waals surface area (Å²) in [7, 11) is 1.51. The molecular weight excluding hydrogens is 587 g/mol. The van der Waals surface area contributed by atoms with Crippen LogP contribution in [-0.2, 0) is 15.3 Å². The minimum Gasteiger partial charge on any atom is -0.507 e. The maximum atomic E-state index is 13.6. The summed E-state index contributed by atoms with van der Waals surface area (Å²) in [5.41, 5.74) is 3.15. The maximum absolute atomic E-state index is 13.6. The molecular formula is C32H31N3O6S2. The lowest BCUT2D eigenvalue weighted by atomic mass is 9.95. The van der Waals surface area contributed by atoms with Gasteiger partial charge in [0.05, 0.1) is 31.9 Å². The third-order valence-electron chi connectivity index (χ3n) is 6.77. The summed E-state index contributed by atoms with van der Waals surface area (Å²) in [5.74, 6) is 0.299. The predicted octanol–water partition coefficient (Wildman–Crippen LogP) is 6.57. The number of ketones is 1. The van der Waals surface area contributed by atoms with Gasteiger partial charge in [0.15, 0.2) is 15.8 Å². The third-order valence-corrected chi connectivity index (χ3v) is 8.90. The number of carbonyl (C=O) groups is 2. The van der Waals surface area contributed by atoms with E-state index in [1.807, 2.05) is 20.8 Å². The Morgan fingerprint density at radius 3 is 2.35 bits per heavy atom. The molecule has 11 heteroatoms. The largest absolute Gasteiger partial charge is 0.507 e. The van der Waals surface area contributed by atoms with E-state index in [9.17, 15) is 14.7 Å². The minimum absolute atomic E-state index is 0.0653. The van der Waals surface area contributed by atoms with E-state index in [1.165, 1.54) is 40.7 Å². The average Bonchev–Trinajstić information content (AvgIpc) is 3.59. The molecule has 1 N–H and O–H groups in total. The van der Waals surface area contributed by atoms with Gasteiger partial charge in [-0.1, -0.05) is 59.0 Å². The van der Waals surface area contributed by atoms with Crippen LogP contribution in [0.25, 0.3) is 5.76 Å². The molecule has 222 valence electrons. The Morgan fingerprint density at radius 1 is 0.953 bits per heavy atom. The average molecular weight is 618 g/mol. The van der Waals surface area contributed by atoms with Crippen molar-refractivity contribution < 1.29 is 28.9 Å². The molecule has 1 saturated heterocycles. The van der Waals surface area contributed by atoms with Gasteiger partial charge in [-0.3, -0.25) is 14.5 Å². The highest BCUT2D eigenvalue weighted by molar-refractivity contribution is 8.00. The second-order valence-electron chi connectivity index (χ2n) is 9.59. The van der Waals surface area contributed by atoms with Crippen LogP contribution in [0.4, 0.5) is 5.13 Å². The van der Waals surface area contributed by atoms with Crippen LogP contribution in [0.3, 0.4) is 0 Å². The molecule has 1 aromatic heterocycles. The van der Waals surface area contributed by atoms with Gasteiger partial charge in [-0.2, -0.15) is 0 Å². The Labute approximate surface area is 258 Å². The first-order valence-corrected chi connectivity index (χ1v) is 15.5. The zero-order chi connectivity index (χ0) is 30.5. The van der Waals surface area contributed by atoms with Gasteiger partial charge in [0.25, 0.3) is 5.78 Å². The third kappa shape index (κ3) is 6.37. The molecule has 1 fully saturated rings. The molecule has 9 nitrogen and oxygen atoms in total. The SMILES string of the molecule is CCOc1ccc(/C(O)=C2/C(=O)C(=O)N(c3nnc(SCc4ccc(C)cc4)s3)C2c2ccc(OCC)c(OC)c2)cc1. The van der Waals surface area contributed by atoms with Crippen LogP contribution in [0, 0.1) is 6.92 Å². The smallest absolute Gasteiger partial charge is 0.301 e. The first kappa shape index (κ1) is 30.1. The highest BCUT2D eigenvalue weighted by atomic mass is 32.2. The van der Waals surface area contributed by atoms with E-state index in [2.05, 4.69) is 34.5 Å². The lowest BCUT2D eigenvalue weighted by Gasteiger charge is -2.23. The van der Waals surface area contributed by atoms with Gasteiger partial charge in [-0.05, 0) is 68.3 Å². The number of methoxy groups -OCH3 is 1. The number of rotatable bonds is 11. The minimum atomic E-state index is -0.987. The second kappa shape index (κ2) is 13.3. The molecule has 1 amide bonds. The van der Waals surface area contributed by atoms with Crippen molar-refractivity contribution in [2.45, 2.75) is 36.9 Å². The van der Waals surface area contributed by atoms with Gasteiger partial charge >= 0.3 is 5.91 Å². The molecule has 1 aliphatic heterocycles. The molecule has 0 radical (unpaired) electrons. The van der Waals surface area contributed by atoms with Crippen LogP contribution in [0.15, 0.2) is 76.6 Å². The fraction of sp³-hybridized carbons (Fsp3) is 0.250. The Kier molecular flexibility index (Phi) is 9.32. The Bertz CT molecular complexity index is 1650. The molecule has 2 heterocycles. The molecule has 0 bridgehead atoms. The Hall–Kier alpha value is -4.35. The number of benzene rings is 3. The summed E-state index contributed by atoms with van der Waals surface area (Å²) in [4.78, 5) is 28.5. The van der Waals surface area contributed by atoms with Crippen molar-refractivity contribution in [3.05, 3.63) is 94.6 Å². The van der Waals surface area contributed by atoms with Crippen LogP contribution in [0.1, 0.15) is 42.1 Å². The summed E-state index contributed by atoms with van der Waals surface area (Å²) >= 11 is 2.70. The summed E-state index contributed by atoms with van der Waals surface area (Å²) in [6, 6.07) is 19.1. The summed E-state index contributed by atoms with van der Waals surface area (Å²) in [6.07, 6.45) is 0. The standard InChI is InChI=1S/C32H31N3O6S2/c1-5-40-23-14-11-21(12-15-23)28(36)26-27(22-13-16-24(41-6-2)25(17-22)39-4)35(30(38)29(26)37)31-33-34-32(43-31)42-18-20-9-7-19(3)8-10-20/h7-17,27,36H,5-6,18H2,1-4H3/b28-26-. The maximum Gasteiger partial charge on any atom is 0.301 e. The van der Waals surface area contributed by atoms with E-state index >= 15 is 0 Å². The molecule has 3 aromatic carbocycles. The summed E-state index contributed by atoms with van der Waals surface area (Å²) in [5, 5.41) is 20.3. The van der Waals surface area contributed by atoms with Crippen molar-refractivity contribution in [1.29, 1.82) is 0 Å². The molecule has 43 heavy (non-hydrogen) atoms. The van der Waals surface area contributed by atoms with Crippen LogP contribution in [-0.4, -0.2) is 47.3 Å². The first-order chi connectivity index (χ1) is 20.8. The quantitative estimate of drug-likeness (QED) is 0.0657. The highest BCUT2D eigenvalue weighted by Crippen LogP contribution is 2.45. The predicted molar refractivity (Wildman–Crippen MR) is 167 cm³/mol. The molecule has 0 spiro atoms. The Morgan fingerprint density at radius 2 is 1.67 bits per heavy atom. The van der Waals surface area contributed by atoms with Crippen molar-refractivity contribution in [3.8, 4) is 17.2 Å². The zero-order valence-corrected chi connectivity index (χ0v) is 25.8. The number of aryl methyl sites for hydroxylation is 1. The van der Waals surface area contributed by atoms with Gasteiger partial charge < -0.3 is 19.3 Å². The zero-order valence-electron chi connectivity index (χ0n) is 24.2. The number of ether oxygens (including phenoxy) is 3. The second-order valence-corrected chi connectivity index (χ2v) is 11.8.